The molecule has 2 aromatic carbocycles. The molecule has 5 nitrogen and oxygen atoms in total. The van der Waals surface area contributed by atoms with Crippen molar-refractivity contribution in [1.29, 1.82) is 0 Å². The molecule has 0 spiro atoms. The minimum absolute atomic E-state index is 0.166. The SMILES string of the molecule is CCC.CCOc1ccc(CCc2cc(OC)c(OC)c(OC)c2)cc1O. The summed E-state index contributed by atoms with van der Waals surface area (Å²) in [5.74, 6) is 2.54. The van der Waals surface area contributed by atoms with Crippen LogP contribution in [0.25, 0.3) is 0 Å². The van der Waals surface area contributed by atoms with E-state index < -0.39 is 0 Å². The highest BCUT2D eigenvalue weighted by Crippen LogP contribution is 2.38. The van der Waals surface area contributed by atoms with Crippen molar-refractivity contribution < 1.29 is 24.1 Å². The largest absolute Gasteiger partial charge is 0.504 e. The van der Waals surface area contributed by atoms with Gasteiger partial charge >= 0.3 is 0 Å². The maximum Gasteiger partial charge on any atom is 0.203 e. The van der Waals surface area contributed by atoms with Crippen LogP contribution in [0, 0.1) is 0 Å². The molecule has 0 saturated heterocycles. The average Bonchev–Trinajstić information content (AvgIpc) is 2.68. The summed E-state index contributed by atoms with van der Waals surface area (Å²) in [7, 11) is 4.79. The molecule has 0 aromatic heterocycles. The van der Waals surface area contributed by atoms with Crippen molar-refractivity contribution >= 4 is 0 Å². The van der Waals surface area contributed by atoms with Crippen molar-refractivity contribution in [1.82, 2.24) is 0 Å². The van der Waals surface area contributed by atoms with E-state index in [1.165, 1.54) is 6.42 Å². The lowest BCUT2D eigenvalue weighted by molar-refractivity contribution is 0.318. The van der Waals surface area contributed by atoms with Gasteiger partial charge in [-0.3, -0.25) is 0 Å². The van der Waals surface area contributed by atoms with E-state index in [4.69, 9.17) is 18.9 Å². The Balaban J connectivity index is 0.00000114. The minimum Gasteiger partial charge on any atom is -0.504 e. The number of ether oxygens (including phenoxy) is 4. The van der Waals surface area contributed by atoms with Gasteiger partial charge in [0.1, 0.15) is 0 Å². The van der Waals surface area contributed by atoms with E-state index in [0.717, 1.165) is 24.0 Å². The monoisotopic (exact) mass is 376 g/mol. The molecule has 0 unspecified atom stereocenters. The summed E-state index contributed by atoms with van der Waals surface area (Å²) in [6.45, 7) is 6.66. The number of aryl methyl sites for hydroxylation is 2. The molecule has 2 rings (SSSR count). The van der Waals surface area contributed by atoms with Gasteiger partial charge < -0.3 is 24.1 Å². The smallest absolute Gasteiger partial charge is 0.203 e. The predicted molar refractivity (Wildman–Crippen MR) is 109 cm³/mol. The third-order valence-corrected chi connectivity index (χ3v) is 3.75. The van der Waals surface area contributed by atoms with Crippen LogP contribution in [0.1, 0.15) is 38.3 Å². The third kappa shape index (κ3) is 6.59. The maximum absolute atomic E-state index is 9.97. The molecule has 2 aromatic rings. The number of methoxy groups -OCH3 is 3. The van der Waals surface area contributed by atoms with Crippen LogP contribution in [0.5, 0.6) is 28.7 Å². The lowest BCUT2D eigenvalue weighted by Crippen LogP contribution is -1.99. The van der Waals surface area contributed by atoms with Gasteiger partial charge in [-0.05, 0) is 55.2 Å². The summed E-state index contributed by atoms with van der Waals surface area (Å²) in [6, 6.07) is 9.38. The van der Waals surface area contributed by atoms with Crippen molar-refractivity contribution in [2.45, 2.75) is 40.0 Å². The Kier molecular flexibility index (Phi) is 9.94. The fraction of sp³-hybridized carbons (Fsp3) is 0.455. The summed E-state index contributed by atoms with van der Waals surface area (Å²) < 4.78 is 21.4. The van der Waals surface area contributed by atoms with Crippen LogP contribution in [0.4, 0.5) is 0 Å². The van der Waals surface area contributed by atoms with E-state index in [1.54, 1.807) is 33.5 Å². The van der Waals surface area contributed by atoms with Crippen molar-refractivity contribution in [2.75, 3.05) is 27.9 Å². The molecule has 0 radical (unpaired) electrons. The molecule has 150 valence electrons. The van der Waals surface area contributed by atoms with Gasteiger partial charge in [0.15, 0.2) is 23.0 Å². The topological polar surface area (TPSA) is 57.2 Å². The first kappa shape index (κ1) is 22.5. The number of rotatable bonds is 8. The quantitative estimate of drug-likeness (QED) is 0.701. The number of phenols is 1. The maximum atomic E-state index is 9.97. The van der Waals surface area contributed by atoms with Crippen LogP contribution in [0.3, 0.4) is 0 Å². The molecular formula is C22H32O5. The summed E-state index contributed by atoms with van der Waals surface area (Å²) in [5, 5.41) is 9.97. The molecule has 0 aliphatic carbocycles. The van der Waals surface area contributed by atoms with Crippen LogP contribution in [-0.2, 0) is 12.8 Å². The first-order chi connectivity index (χ1) is 13.0. The Labute approximate surface area is 162 Å². The zero-order chi connectivity index (χ0) is 20.2. The Morgan fingerprint density at radius 3 is 1.74 bits per heavy atom. The van der Waals surface area contributed by atoms with Crippen molar-refractivity contribution in [3.05, 3.63) is 41.5 Å². The molecular weight excluding hydrogens is 344 g/mol. The van der Waals surface area contributed by atoms with Gasteiger partial charge in [0.05, 0.1) is 27.9 Å². The molecule has 0 aliphatic rings. The highest BCUT2D eigenvalue weighted by molar-refractivity contribution is 5.54. The number of hydrogen-bond acceptors (Lipinski definition) is 5. The standard InChI is InChI=1S/C19H24O5.C3H8/c1-5-24-16-9-8-13(10-15(16)20)6-7-14-11-17(21-2)19(23-4)18(12-14)22-3;1-3-2/h8-12,20H,5-7H2,1-4H3;3H2,1-2H3. The molecule has 0 saturated carbocycles. The molecule has 0 aliphatic heterocycles. The molecule has 27 heavy (non-hydrogen) atoms. The molecule has 5 heteroatoms. The Morgan fingerprint density at radius 2 is 1.30 bits per heavy atom. The lowest BCUT2D eigenvalue weighted by Gasteiger charge is -2.14. The second-order valence-electron chi connectivity index (χ2n) is 5.98. The van der Waals surface area contributed by atoms with E-state index in [0.29, 0.717) is 29.6 Å². The van der Waals surface area contributed by atoms with Gasteiger partial charge in [0, 0.05) is 0 Å². The van der Waals surface area contributed by atoms with Crippen molar-refractivity contribution in [2.24, 2.45) is 0 Å². The van der Waals surface area contributed by atoms with Crippen LogP contribution in [0.15, 0.2) is 30.3 Å². The molecule has 0 fully saturated rings. The van der Waals surface area contributed by atoms with E-state index in [1.807, 2.05) is 25.1 Å². The van der Waals surface area contributed by atoms with Gasteiger partial charge in [-0.1, -0.05) is 26.3 Å². The summed E-state index contributed by atoms with van der Waals surface area (Å²) in [4.78, 5) is 0. The highest BCUT2D eigenvalue weighted by atomic mass is 16.5. The van der Waals surface area contributed by atoms with E-state index in [2.05, 4.69) is 13.8 Å². The second kappa shape index (κ2) is 11.9. The first-order valence-electron chi connectivity index (χ1n) is 9.27. The second-order valence-corrected chi connectivity index (χ2v) is 5.98. The Hall–Kier alpha value is -2.56. The third-order valence-electron chi connectivity index (χ3n) is 3.75. The summed E-state index contributed by atoms with van der Waals surface area (Å²) >= 11 is 0. The van der Waals surface area contributed by atoms with Gasteiger partial charge in [0.25, 0.3) is 0 Å². The zero-order valence-corrected chi connectivity index (χ0v) is 17.3. The van der Waals surface area contributed by atoms with Gasteiger partial charge in [-0.15, -0.1) is 0 Å². The number of hydrogen-bond donors (Lipinski definition) is 1. The van der Waals surface area contributed by atoms with E-state index >= 15 is 0 Å². The molecule has 0 bridgehead atoms. The van der Waals surface area contributed by atoms with E-state index in [9.17, 15) is 5.11 Å². The van der Waals surface area contributed by atoms with Gasteiger partial charge in [-0.25, -0.2) is 0 Å². The van der Waals surface area contributed by atoms with Crippen molar-refractivity contribution in [3.63, 3.8) is 0 Å². The number of aromatic hydroxyl groups is 1. The number of phenolic OH excluding ortho intramolecular Hbond substituents is 1. The normalized spacial score (nSPS) is 9.85. The molecule has 0 heterocycles. The van der Waals surface area contributed by atoms with Crippen LogP contribution < -0.4 is 18.9 Å². The predicted octanol–water partition coefficient (Wildman–Crippen LogP) is 5.02. The van der Waals surface area contributed by atoms with E-state index in [-0.39, 0.29) is 5.75 Å². The van der Waals surface area contributed by atoms with Crippen LogP contribution >= 0.6 is 0 Å². The molecule has 0 atom stereocenters. The fourth-order valence-electron chi connectivity index (χ4n) is 2.56. The average molecular weight is 376 g/mol. The Morgan fingerprint density at radius 1 is 0.741 bits per heavy atom. The first-order valence-corrected chi connectivity index (χ1v) is 9.27. The summed E-state index contributed by atoms with van der Waals surface area (Å²) in [5.41, 5.74) is 2.10. The van der Waals surface area contributed by atoms with Gasteiger partial charge in [-0.2, -0.15) is 0 Å². The summed E-state index contributed by atoms with van der Waals surface area (Å²) in [6.07, 6.45) is 2.81. The Bertz CT molecular complexity index is 672. The van der Waals surface area contributed by atoms with Crippen molar-refractivity contribution in [3.8, 4) is 28.7 Å². The van der Waals surface area contributed by atoms with Crippen LogP contribution in [0.2, 0.25) is 0 Å². The number of benzene rings is 2. The lowest BCUT2D eigenvalue weighted by atomic mass is 10.0. The minimum atomic E-state index is 0.166. The fourth-order valence-corrected chi connectivity index (χ4v) is 2.56. The zero-order valence-electron chi connectivity index (χ0n) is 17.3. The molecule has 1 N–H and O–H groups in total. The van der Waals surface area contributed by atoms with Crippen LogP contribution in [-0.4, -0.2) is 33.0 Å². The molecule has 0 amide bonds. The highest BCUT2D eigenvalue weighted by Gasteiger charge is 2.13. The van der Waals surface area contributed by atoms with Gasteiger partial charge in [0.2, 0.25) is 5.75 Å².